The Labute approximate surface area is 142 Å². The van der Waals surface area contributed by atoms with E-state index >= 15 is 0 Å². The summed E-state index contributed by atoms with van der Waals surface area (Å²) in [4.78, 5) is 7.28. The molecular formula is C21H34N2. The number of likely N-dealkylation sites (tertiary alicyclic amines) is 1. The molecule has 0 N–H and O–H groups in total. The van der Waals surface area contributed by atoms with Gasteiger partial charge in [-0.1, -0.05) is 40.2 Å². The molecule has 2 unspecified atom stereocenters. The van der Waals surface area contributed by atoms with Crippen LogP contribution in [-0.2, 0) is 11.8 Å². The van der Waals surface area contributed by atoms with Crippen molar-refractivity contribution in [2.75, 3.05) is 13.1 Å². The molecule has 0 radical (unpaired) electrons. The number of pyridine rings is 1. The Hall–Kier alpha value is -0.890. The highest BCUT2D eigenvalue weighted by molar-refractivity contribution is 5.24. The molecule has 1 saturated carbocycles. The maximum absolute atomic E-state index is 4.49. The molecule has 1 saturated heterocycles. The Morgan fingerprint density at radius 2 is 1.83 bits per heavy atom. The molecule has 3 rings (SSSR count). The van der Waals surface area contributed by atoms with Gasteiger partial charge in [-0.25, -0.2) is 0 Å². The highest BCUT2D eigenvalue weighted by atomic mass is 15.2. The van der Waals surface area contributed by atoms with Gasteiger partial charge >= 0.3 is 0 Å². The summed E-state index contributed by atoms with van der Waals surface area (Å²) in [5.74, 6) is 1.76. The van der Waals surface area contributed by atoms with E-state index < -0.39 is 0 Å². The van der Waals surface area contributed by atoms with E-state index in [9.17, 15) is 0 Å². The van der Waals surface area contributed by atoms with Gasteiger partial charge in [0.05, 0.1) is 0 Å². The van der Waals surface area contributed by atoms with Crippen LogP contribution >= 0.6 is 0 Å². The third kappa shape index (κ3) is 4.15. The van der Waals surface area contributed by atoms with Gasteiger partial charge in [0, 0.05) is 18.4 Å². The van der Waals surface area contributed by atoms with Gasteiger partial charge in [-0.3, -0.25) is 4.98 Å². The van der Waals surface area contributed by atoms with Crippen LogP contribution < -0.4 is 0 Å². The summed E-state index contributed by atoms with van der Waals surface area (Å²) >= 11 is 0. The fourth-order valence-electron chi connectivity index (χ4n) is 4.50. The number of rotatable bonds is 3. The standard InChI is InChI=1S/C21H34N2/c1-16-6-5-7-20(16)23-10-8-17(9-11-23)12-18-13-19(15-22-14-18)21(2,3)4/h13-17,20H,5-12H2,1-4H3. The summed E-state index contributed by atoms with van der Waals surface area (Å²) in [5, 5.41) is 0. The van der Waals surface area contributed by atoms with Crippen molar-refractivity contribution in [3.8, 4) is 0 Å². The van der Waals surface area contributed by atoms with Crippen LogP contribution in [0.15, 0.2) is 18.5 Å². The topological polar surface area (TPSA) is 16.1 Å². The second-order valence-corrected chi connectivity index (χ2v) is 8.99. The van der Waals surface area contributed by atoms with Gasteiger partial charge in [0.25, 0.3) is 0 Å². The minimum atomic E-state index is 0.199. The van der Waals surface area contributed by atoms with Gasteiger partial charge in [-0.2, -0.15) is 0 Å². The molecule has 0 aromatic carbocycles. The summed E-state index contributed by atoms with van der Waals surface area (Å²) in [5.41, 5.74) is 3.00. The van der Waals surface area contributed by atoms with E-state index in [0.717, 1.165) is 17.9 Å². The Morgan fingerprint density at radius 1 is 1.09 bits per heavy atom. The first kappa shape index (κ1) is 17.0. The molecular weight excluding hydrogens is 280 g/mol. The molecule has 2 heterocycles. The van der Waals surface area contributed by atoms with E-state index in [1.807, 2.05) is 6.20 Å². The van der Waals surface area contributed by atoms with Crippen LogP contribution in [0.25, 0.3) is 0 Å². The zero-order valence-corrected chi connectivity index (χ0v) is 15.5. The molecule has 2 heteroatoms. The lowest BCUT2D eigenvalue weighted by atomic mass is 9.85. The van der Waals surface area contributed by atoms with E-state index in [4.69, 9.17) is 0 Å². The third-order valence-corrected chi connectivity index (χ3v) is 6.12. The zero-order chi connectivity index (χ0) is 16.4. The average Bonchev–Trinajstić information content (AvgIpc) is 2.94. The smallest absolute Gasteiger partial charge is 0.0305 e. The molecule has 0 spiro atoms. The van der Waals surface area contributed by atoms with E-state index in [0.29, 0.717) is 0 Å². The lowest BCUT2D eigenvalue weighted by Gasteiger charge is -2.38. The second kappa shape index (κ2) is 6.93. The third-order valence-electron chi connectivity index (χ3n) is 6.12. The minimum Gasteiger partial charge on any atom is -0.300 e. The molecule has 1 aromatic rings. The highest BCUT2D eigenvalue weighted by Gasteiger charge is 2.31. The van der Waals surface area contributed by atoms with Crippen molar-refractivity contribution < 1.29 is 0 Å². The number of hydrogen-bond acceptors (Lipinski definition) is 2. The van der Waals surface area contributed by atoms with Crippen LogP contribution in [0.4, 0.5) is 0 Å². The zero-order valence-electron chi connectivity index (χ0n) is 15.5. The second-order valence-electron chi connectivity index (χ2n) is 8.99. The molecule has 1 aromatic heterocycles. The van der Waals surface area contributed by atoms with Crippen molar-refractivity contribution in [2.24, 2.45) is 11.8 Å². The molecule has 128 valence electrons. The predicted octanol–water partition coefficient (Wildman–Crippen LogP) is 4.82. The summed E-state index contributed by atoms with van der Waals surface area (Å²) in [7, 11) is 0. The first-order valence-electron chi connectivity index (χ1n) is 9.62. The van der Waals surface area contributed by atoms with E-state index in [-0.39, 0.29) is 5.41 Å². The lowest BCUT2D eigenvalue weighted by molar-refractivity contribution is 0.112. The lowest BCUT2D eigenvalue weighted by Crippen LogP contribution is -2.42. The maximum atomic E-state index is 4.49. The Bertz CT molecular complexity index is 509. The molecule has 1 aliphatic heterocycles. The molecule has 1 aliphatic carbocycles. The van der Waals surface area contributed by atoms with Gasteiger partial charge in [-0.15, -0.1) is 0 Å². The average molecular weight is 315 g/mol. The molecule has 2 fully saturated rings. The fraction of sp³-hybridized carbons (Fsp3) is 0.762. The SMILES string of the molecule is CC1CCCC1N1CCC(Cc2cncc(C(C)(C)C)c2)CC1. The predicted molar refractivity (Wildman–Crippen MR) is 97.7 cm³/mol. The van der Waals surface area contributed by atoms with E-state index in [1.54, 1.807) is 0 Å². The molecule has 2 nitrogen and oxygen atoms in total. The normalized spacial score (nSPS) is 27.5. The van der Waals surface area contributed by atoms with Crippen molar-refractivity contribution in [2.45, 2.75) is 77.7 Å². The molecule has 2 atom stereocenters. The van der Waals surface area contributed by atoms with Gasteiger partial charge in [-0.05, 0) is 73.6 Å². The molecule has 0 bridgehead atoms. The number of nitrogens with zero attached hydrogens (tertiary/aromatic N) is 2. The van der Waals surface area contributed by atoms with Crippen LogP contribution in [0.2, 0.25) is 0 Å². The quantitative estimate of drug-likeness (QED) is 0.795. The van der Waals surface area contributed by atoms with Gasteiger partial charge in [0.2, 0.25) is 0 Å². The largest absolute Gasteiger partial charge is 0.300 e. The summed E-state index contributed by atoms with van der Waals surface area (Å²) in [6.07, 6.45) is 12.4. The van der Waals surface area contributed by atoms with Crippen molar-refractivity contribution in [1.82, 2.24) is 9.88 Å². The van der Waals surface area contributed by atoms with Gasteiger partial charge in [0.15, 0.2) is 0 Å². The van der Waals surface area contributed by atoms with Crippen LogP contribution in [0.1, 0.15) is 70.9 Å². The molecule has 23 heavy (non-hydrogen) atoms. The molecule has 0 amide bonds. The van der Waals surface area contributed by atoms with E-state index in [2.05, 4.69) is 49.8 Å². The minimum absolute atomic E-state index is 0.199. The first-order valence-corrected chi connectivity index (χ1v) is 9.62. The van der Waals surface area contributed by atoms with Crippen molar-refractivity contribution in [1.29, 1.82) is 0 Å². The molecule has 2 aliphatic rings. The van der Waals surface area contributed by atoms with Crippen molar-refractivity contribution in [3.63, 3.8) is 0 Å². The summed E-state index contributed by atoms with van der Waals surface area (Å²) < 4.78 is 0. The van der Waals surface area contributed by atoms with Crippen molar-refractivity contribution >= 4 is 0 Å². The monoisotopic (exact) mass is 314 g/mol. The number of piperidine rings is 1. The number of hydrogen-bond donors (Lipinski definition) is 0. The Kier molecular flexibility index (Phi) is 5.10. The summed E-state index contributed by atoms with van der Waals surface area (Å²) in [6, 6.07) is 3.26. The van der Waals surface area contributed by atoms with Gasteiger partial charge in [0.1, 0.15) is 0 Å². The fourth-order valence-corrected chi connectivity index (χ4v) is 4.50. The van der Waals surface area contributed by atoms with Gasteiger partial charge < -0.3 is 4.90 Å². The van der Waals surface area contributed by atoms with Crippen molar-refractivity contribution in [3.05, 3.63) is 29.6 Å². The maximum Gasteiger partial charge on any atom is 0.0305 e. The Morgan fingerprint density at radius 3 is 2.43 bits per heavy atom. The number of aromatic nitrogens is 1. The highest BCUT2D eigenvalue weighted by Crippen LogP contribution is 2.33. The van der Waals surface area contributed by atoms with Crippen LogP contribution in [0.3, 0.4) is 0 Å². The van der Waals surface area contributed by atoms with Crippen LogP contribution in [0, 0.1) is 11.8 Å². The Balaban J connectivity index is 1.55. The summed E-state index contributed by atoms with van der Waals surface area (Å²) in [6.45, 7) is 11.9. The first-order chi connectivity index (χ1) is 10.9. The van der Waals surface area contributed by atoms with Crippen LogP contribution in [0.5, 0.6) is 0 Å². The van der Waals surface area contributed by atoms with Crippen LogP contribution in [-0.4, -0.2) is 29.0 Å². The van der Waals surface area contributed by atoms with E-state index in [1.165, 1.54) is 62.7 Å².